The number of nitrogens with zero attached hydrogens (tertiary/aromatic N) is 1. The van der Waals surface area contributed by atoms with Gasteiger partial charge < -0.3 is 10.0 Å². The van der Waals surface area contributed by atoms with Gasteiger partial charge in [0.2, 0.25) is 5.91 Å². The van der Waals surface area contributed by atoms with E-state index < -0.39 is 5.97 Å². The van der Waals surface area contributed by atoms with Crippen LogP contribution in [0.2, 0.25) is 0 Å². The quantitative estimate of drug-likeness (QED) is 0.733. The summed E-state index contributed by atoms with van der Waals surface area (Å²) in [7, 11) is 0. The van der Waals surface area contributed by atoms with Crippen LogP contribution in [0.15, 0.2) is 0 Å². The minimum atomic E-state index is -0.815. The van der Waals surface area contributed by atoms with Crippen LogP contribution >= 0.6 is 0 Å². The smallest absolute Gasteiger partial charge is 0.303 e. The van der Waals surface area contributed by atoms with Crippen LogP contribution in [0, 0.1) is 17.8 Å². The summed E-state index contributed by atoms with van der Waals surface area (Å²) in [6, 6.07) is 0. The number of hydrogen-bond acceptors (Lipinski definition) is 2. The van der Waals surface area contributed by atoms with Crippen molar-refractivity contribution in [3.05, 3.63) is 0 Å². The van der Waals surface area contributed by atoms with Crippen molar-refractivity contribution in [2.45, 2.75) is 45.4 Å². The van der Waals surface area contributed by atoms with E-state index in [9.17, 15) is 9.59 Å². The second-order valence-electron chi connectivity index (χ2n) is 5.07. The van der Waals surface area contributed by atoms with Gasteiger partial charge in [-0.05, 0) is 25.2 Å². The number of carboxylic acid groups (broad SMARTS) is 1. The number of rotatable bonds is 6. The van der Waals surface area contributed by atoms with Crippen molar-refractivity contribution in [2.75, 3.05) is 13.1 Å². The molecule has 1 amide bonds. The maximum atomic E-state index is 12.1. The molecular formula is C14H21NO3. The monoisotopic (exact) mass is 251 g/mol. The van der Waals surface area contributed by atoms with Crippen molar-refractivity contribution >= 4 is 11.9 Å². The first kappa shape index (κ1) is 14.6. The van der Waals surface area contributed by atoms with Gasteiger partial charge in [-0.15, -0.1) is 6.42 Å². The maximum absolute atomic E-state index is 12.1. The van der Waals surface area contributed by atoms with E-state index in [1.807, 2.05) is 6.92 Å². The van der Waals surface area contributed by atoms with Gasteiger partial charge in [0, 0.05) is 13.0 Å². The number of terminal acetylenes is 1. The van der Waals surface area contributed by atoms with E-state index in [0.717, 1.165) is 25.7 Å². The Morgan fingerprint density at radius 1 is 1.33 bits per heavy atom. The Bertz CT molecular complexity index is 351. The largest absolute Gasteiger partial charge is 0.481 e. The zero-order valence-corrected chi connectivity index (χ0v) is 10.9. The minimum absolute atomic E-state index is 0.0152. The zero-order chi connectivity index (χ0) is 13.6. The van der Waals surface area contributed by atoms with Crippen LogP contribution < -0.4 is 0 Å². The molecule has 0 aromatic heterocycles. The number of carbonyl (C=O) groups is 2. The molecule has 0 aromatic rings. The summed E-state index contributed by atoms with van der Waals surface area (Å²) in [4.78, 5) is 24.7. The third kappa shape index (κ3) is 3.76. The van der Waals surface area contributed by atoms with Gasteiger partial charge in [0.05, 0.1) is 13.0 Å². The molecule has 0 bridgehead atoms. The van der Waals surface area contributed by atoms with Crippen molar-refractivity contribution in [3.8, 4) is 12.3 Å². The van der Waals surface area contributed by atoms with Crippen LogP contribution in [0.25, 0.3) is 0 Å². The molecule has 0 radical (unpaired) electrons. The topological polar surface area (TPSA) is 57.6 Å². The second-order valence-corrected chi connectivity index (χ2v) is 5.07. The lowest BCUT2D eigenvalue weighted by atomic mass is 9.79. The summed E-state index contributed by atoms with van der Waals surface area (Å²) < 4.78 is 0. The first-order valence-corrected chi connectivity index (χ1v) is 6.46. The van der Waals surface area contributed by atoms with Crippen molar-refractivity contribution in [1.29, 1.82) is 0 Å². The molecule has 18 heavy (non-hydrogen) atoms. The van der Waals surface area contributed by atoms with Gasteiger partial charge in [-0.25, -0.2) is 0 Å². The normalized spacial score (nSPS) is 17.1. The Kier molecular flexibility index (Phi) is 5.21. The fraction of sp³-hybridized carbons (Fsp3) is 0.714. The molecule has 1 aliphatic carbocycles. The Morgan fingerprint density at radius 2 is 1.94 bits per heavy atom. The number of carbonyl (C=O) groups excluding carboxylic acids is 1. The standard InChI is InChI=1S/C14H21NO3/c1-3-9-15(4-2)12(16)10-14(11-13(17)18)7-5-6-8-14/h1H,4-11H2,2H3,(H,17,18). The average Bonchev–Trinajstić information content (AvgIpc) is 2.72. The molecule has 0 spiro atoms. The number of aliphatic carboxylic acids is 1. The summed E-state index contributed by atoms with van der Waals surface area (Å²) in [5, 5.41) is 8.99. The van der Waals surface area contributed by atoms with Crippen LogP contribution in [0.4, 0.5) is 0 Å². The summed E-state index contributed by atoms with van der Waals surface area (Å²) in [6.45, 7) is 2.76. The highest BCUT2D eigenvalue weighted by Gasteiger charge is 2.38. The number of hydrogen-bond donors (Lipinski definition) is 1. The first-order valence-electron chi connectivity index (χ1n) is 6.46. The molecule has 0 unspecified atom stereocenters. The van der Waals surface area contributed by atoms with E-state index in [4.69, 9.17) is 11.5 Å². The maximum Gasteiger partial charge on any atom is 0.303 e. The molecule has 1 aliphatic rings. The molecule has 0 heterocycles. The first-order chi connectivity index (χ1) is 8.53. The van der Waals surface area contributed by atoms with Gasteiger partial charge in [-0.2, -0.15) is 0 Å². The van der Waals surface area contributed by atoms with E-state index in [1.54, 1.807) is 4.90 Å². The lowest BCUT2D eigenvalue weighted by Crippen LogP contribution is -2.36. The van der Waals surface area contributed by atoms with Gasteiger partial charge in [0.15, 0.2) is 0 Å². The summed E-state index contributed by atoms with van der Waals surface area (Å²) in [5.41, 5.74) is -0.342. The fourth-order valence-electron chi connectivity index (χ4n) is 2.78. The molecule has 0 saturated heterocycles. The Morgan fingerprint density at radius 3 is 2.39 bits per heavy atom. The van der Waals surface area contributed by atoms with Crippen LogP contribution in [-0.4, -0.2) is 35.0 Å². The third-order valence-electron chi connectivity index (χ3n) is 3.73. The van der Waals surface area contributed by atoms with Crippen molar-refractivity contribution in [1.82, 2.24) is 4.90 Å². The highest BCUT2D eigenvalue weighted by molar-refractivity contribution is 5.78. The van der Waals surface area contributed by atoms with Crippen molar-refractivity contribution in [2.24, 2.45) is 5.41 Å². The van der Waals surface area contributed by atoms with Gasteiger partial charge in [-0.1, -0.05) is 18.8 Å². The van der Waals surface area contributed by atoms with E-state index in [1.165, 1.54) is 0 Å². The fourth-order valence-corrected chi connectivity index (χ4v) is 2.78. The van der Waals surface area contributed by atoms with Gasteiger partial charge in [0.25, 0.3) is 0 Å². The zero-order valence-electron chi connectivity index (χ0n) is 10.9. The Labute approximate surface area is 108 Å². The Hall–Kier alpha value is -1.50. The molecule has 0 atom stereocenters. The molecule has 1 N–H and O–H groups in total. The van der Waals surface area contributed by atoms with Crippen LogP contribution in [0.3, 0.4) is 0 Å². The van der Waals surface area contributed by atoms with Crippen LogP contribution in [0.5, 0.6) is 0 Å². The molecule has 0 aliphatic heterocycles. The highest BCUT2D eigenvalue weighted by atomic mass is 16.4. The summed E-state index contributed by atoms with van der Waals surface area (Å²) in [6.07, 6.45) is 9.33. The van der Waals surface area contributed by atoms with E-state index >= 15 is 0 Å². The van der Waals surface area contributed by atoms with E-state index in [0.29, 0.717) is 19.5 Å². The predicted molar refractivity (Wildman–Crippen MR) is 68.9 cm³/mol. The lowest BCUT2D eigenvalue weighted by Gasteiger charge is -2.29. The lowest BCUT2D eigenvalue weighted by molar-refractivity contribution is -0.141. The molecule has 1 rings (SSSR count). The molecule has 4 nitrogen and oxygen atoms in total. The number of amides is 1. The molecule has 1 saturated carbocycles. The predicted octanol–water partition coefficient (Wildman–Crippen LogP) is 1.89. The summed E-state index contributed by atoms with van der Waals surface area (Å²) >= 11 is 0. The minimum Gasteiger partial charge on any atom is -0.481 e. The molecule has 100 valence electrons. The van der Waals surface area contributed by atoms with Crippen molar-refractivity contribution < 1.29 is 14.7 Å². The third-order valence-corrected chi connectivity index (χ3v) is 3.73. The highest BCUT2D eigenvalue weighted by Crippen LogP contribution is 2.44. The van der Waals surface area contributed by atoms with Gasteiger partial charge >= 0.3 is 5.97 Å². The van der Waals surface area contributed by atoms with Crippen molar-refractivity contribution in [3.63, 3.8) is 0 Å². The van der Waals surface area contributed by atoms with Crippen LogP contribution in [-0.2, 0) is 9.59 Å². The molecular weight excluding hydrogens is 230 g/mol. The second kappa shape index (κ2) is 6.44. The van der Waals surface area contributed by atoms with E-state index in [-0.39, 0.29) is 17.7 Å². The SMILES string of the molecule is C#CCN(CC)C(=O)CC1(CC(=O)O)CCCC1. The van der Waals surface area contributed by atoms with Crippen LogP contribution in [0.1, 0.15) is 45.4 Å². The number of carboxylic acids is 1. The average molecular weight is 251 g/mol. The van der Waals surface area contributed by atoms with Gasteiger partial charge in [0.1, 0.15) is 0 Å². The molecule has 4 heteroatoms. The molecule has 0 aromatic carbocycles. The van der Waals surface area contributed by atoms with Gasteiger partial charge in [-0.3, -0.25) is 9.59 Å². The summed E-state index contributed by atoms with van der Waals surface area (Å²) in [5.74, 6) is 1.64. The molecule has 1 fully saturated rings. The Balaban J connectivity index is 2.69. The van der Waals surface area contributed by atoms with E-state index in [2.05, 4.69) is 5.92 Å².